The van der Waals surface area contributed by atoms with E-state index in [4.69, 9.17) is 4.74 Å². The second kappa shape index (κ2) is 8.99. The topological polar surface area (TPSA) is 45.7 Å². The van der Waals surface area contributed by atoms with Gasteiger partial charge >= 0.3 is 0 Å². The first-order chi connectivity index (χ1) is 15.2. The summed E-state index contributed by atoms with van der Waals surface area (Å²) in [4.78, 5) is 22.2. The van der Waals surface area contributed by atoms with Crippen LogP contribution in [-0.2, 0) is 6.54 Å². The van der Waals surface area contributed by atoms with Crippen molar-refractivity contribution in [3.8, 4) is 5.75 Å². The fraction of sp³-hybridized carbons (Fsp3) is 0.538. The predicted molar refractivity (Wildman–Crippen MR) is 121 cm³/mol. The average Bonchev–Trinajstić information content (AvgIpc) is 3.09. The van der Waals surface area contributed by atoms with Crippen LogP contribution in [0.4, 0.5) is 0 Å². The van der Waals surface area contributed by atoms with Gasteiger partial charge in [0.15, 0.2) is 0 Å². The van der Waals surface area contributed by atoms with Gasteiger partial charge in [0.2, 0.25) is 0 Å². The molecule has 1 saturated carbocycles. The number of amides is 1. The van der Waals surface area contributed by atoms with Gasteiger partial charge in [-0.3, -0.25) is 14.7 Å². The summed E-state index contributed by atoms with van der Waals surface area (Å²) in [6, 6.07) is 10.7. The van der Waals surface area contributed by atoms with Gasteiger partial charge in [-0.1, -0.05) is 18.1 Å². The van der Waals surface area contributed by atoms with Crippen LogP contribution in [-0.4, -0.2) is 52.5 Å². The van der Waals surface area contributed by atoms with Gasteiger partial charge in [0.05, 0.1) is 5.56 Å². The van der Waals surface area contributed by atoms with Gasteiger partial charge in [0, 0.05) is 44.6 Å². The third-order valence-electron chi connectivity index (χ3n) is 7.26. The Bertz CT molecular complexity index is 908. The van der Waals surface area contributed by atoms with Gasteiger partial charge in [-0.2, -0.15) is 0 Å². The first kappa shape index (κ1) is 20.5. The van der Waals surface area contributed by atoms with Crippen LogP contribution in [0.2, 0.25) is 0 Å². The van der Waals surface area contributed by atoms with Crippen LogP contribution < -0.4 is 4.74 Å². The van der Waals surface area contributed by atoms with Gasteiger partial charge < -0.3 is 9.64 Å². The Morgan fingerprint density at radius 3 is 2.68 bits per heavy atom. The van der Waals surface area contributed by atoms with Crippen molar-refractivity contribution in [3.05, 3.63) is 59.4 Å². The molecule has 1 aromatic heterocycles. The summed E-state index contributed by atoms with van der Waals surface area (Å²) in [6.07, 6.45) is 10.7. The molecule has 0 radical (unpaired) electrons. The summed E-state index contributed by atoms with van der Waals surface area (Å²) in [7, 11) is 0. The van der Waals surface area contributed by atoms with E-state index in [0.717, 1.165) is 62.3 Å². The number of piperidine rings is 1. The summed E-state index contributed by atoms with van der Waals surface area (Å²) in [6.45, 7) is 5.96. The predicted octanol–water partition coefficient (Wildman–Crippen LogP) is 4.45. The molecule has 164 valence electrons. The second-order valence-corrected chi connectivity index (χ2v) is 9.59. The van der Waals surface area contributed by atoms with Crippen molar-refractivity contribution in [3.63, 3.8) is 0 Å². The van der Waals surface area contributed by atoms with E-state index in [1.54, 1.807) is 0 Å². The summed E-state index contributed by atoms with van der Waals surface area (Å²) >= 11 is 0. The molecular weight excluding hydrogens is 386 g/mol. The van der Waals surface area contributed by atoms with E-state index in [0.29, 0.717) is 12.0 Å². The number of benzene rings is 1. The molecule has 1 amide bonds. The maximum absolute atomic E-state index is 13.5. The fourth-order valence-electron chi connectivity index (χ4n) is 5.57. The Balaban J connectivity index is 1.24. The molecule has 1 aromatic carbocycles. The van der Waals surface area contributed by atoms with E-state index in [-0.39, 0.29) is 12.0 Å². The Kier molecular flexibility index (Phi) is 5.95. The van der Waals surface area contributed by atoms with Crippen molar-refractivity contribution in [1.82, 2.24) is 14.8 Å². The lowest BCUT2D eigenvalue weighted by Gasteiger charge is -2.33. The highest BCUT2D eigenvalue weighted by molar-refractivity contribution is 5.97. The van der Waals surface area contributed by atoms with Crippen LogP contribution in [0.5, 0.6) is 5.75 Å². The lowest BCUT2D eigenvalue weighted by molar-refractivity contribution is 0.0710. The maximum atomic E-state index is 13.5. The third kappa shape index (κ3) is 4.62. The minimum Gasteiger partial charge on any atom is -0.489 e. The number of fused-ring (bicyclic) bond motifs is 2. The molecule has 2 aromatic rings. The molecule has 2 atom stereocenters. The van der Waals surface area contributed by atoms with Crippen LogP contribution in [0.3, 0.4) is 0 Å². The number of carbonyl (C=O) groups excluding carboxylic acids is 1. The van der Waals surface area contributed by atoms with Crippen LogP contribution in [0.25, 0.3) is 0 Å². The van der Waals surface area contributed by atoms with E-state index < -0.39 is 0 Å². The van der Waals surface area contributed by atoms with Crippen LogP contribution in [0.1, 0.15) is 60.0 Å². The van der Waals surface area contributed by atoms with Crippen LogP contribution in [0, 0.1) is 12.8 Å². The Morgan fingerprint density at radius 2 is 1.90 bits per heavy atom. The normalized spacial score (nSPS) is 24.4. The molecule has 3 aliphatic rings. The number of hydrogen-bond donors (Lipinski definition) is 0. The number of carbonyl (C=O) groups is 1. The molecule has 0 spiro atoms. The number of likely N-dealkylation sites (tertiary alicyclic amines) is 2. The lowest BCUT2D eigenvalue weighted by atomic mass is 9.90. The van der Waals surface area contributed by atoms with Crippen LogP contribution >= 0.6 is 0 Å². The zero-order valence-corrected chi connectivity index (χ0v) is 18.5. The molecule has 5 rings (SSSR count). The third-order valence-corrected chi connectivity index (χ3v) is 7.26. The number of aryl methyl sites for hydroxylation is 1. The minimum atomic E-state index is 0.167. The van der Waals surface area contributed by atoms with Gasteiger partial charge in [-0.25, -0.2) is 0 Å². The molecular formula is C26H33N3O2. The molecule has 0 unspecified atom stereocenters. The molecule has 2 aliphatic heterocycles. The first-order valence-corrected chi connectivity index (χ1v) is 11.9. The van der Waals surface area contributed by atoms with E-state index in [1.165, 1.54) is 24.8 Å². The molecule has 31 heavy (non-hydrogen) atoms. The van der Waals surface area contributed by atoms with Crippen molar-refractivity contribution >= 4 is 5.91 Å². The molecule has 3 fully saturated rings. The van der Waals surface area contributed by atoms with E-state index in [1.807, 2.05) is 24.5 Å². The van der Waals surface area contributed by atoms with Crippen molar-refractivity contribution in [2.45, 2.75) is 64.1 Å². The smallest absolute Gasteiger partial charge is 0.257 e. The number of ether oxygens (including phenoxy) is 1. The van der Waals surface area contributed by atoms with E-state index in [9.17, 15) is 4.79 Å². The van der Waals surface area contributed by atoms with E-state index in [2.05, 4.69) is 39.9 Å². The number of rotatable bonds is 5. The minimum absolute atomic E-state index is 0.167. The quantitative estimate of drug-likeness (QED) is 0.718. The molecule has 1 aliphatic carbocycles. The number of pyridine rings is 1. The Labute approximate surface area is 185 Å². The van der Waals surface area contributed by atoms with E-state index >= 15 is 0 Å². The number of hydrogen-bond acceptors (Lipinski definition) is 4. The Hall–Kier alpha value is -2.40. The number of nitrogens with zero attached hydrogens (tertiary/aromatic N) is 3. The first-order valence-electron chi connectivity index (χ1n) is 11.9. The highest BCUT2D eigenvalue weighted by atomic mass is 16.5. The molecule has 5 heteroatoms. The van der Waals surface area contributed by atoms with Gasteiger partial charge in [-0.15, -0.1) is 0 Å². The average molecular weight is 420 g/mol. The fourth-order valence-corrected chi connectivity index (χ4v) is 5.57. The Morgan fingerprint density at radius 1 is 1.10 bits per heavy atom. The van der Waals surface area contributed by atoms with Gasteiger partial charge in [-0.05, 0) is 74.8 Å². The SMILES string of the molecule is Cc1ccc(OC2CCN(Cc3ccncc3)CC2)c(C(=O)N2C[C@@H]3CCC[C@H]2C3)c1. The van der Waals surface area contributed by atoms with Crippen molar-refractivity contribution in [2.75, 3.05) is 19.6 Å². The summed E-state index contributed by atoms with van der Waals surface area (Å²) in [5.74, 6) is 1.63. The van der Waals surface area contributed by atoms with Crippen molar-refractivity contribution in [1.29, 1.82) is 0 Å². The van der Waals surface area contributed by atoms with Gasteiger partial charge in [0.1, 0.15) is 11.9 Å². The van der Waals surface area contributed by atoms with Crippen molar-refractivity contribution in [2.24, 2.45) is 5.92 Å². The molecule has 2 saturated heterocycles. The molecule has 0 N–H and O–H groups in total. The molecule has 5 nitrogen and oxygen atoms in total. The standard InChI is InChI=1S/C26H33N3O2/c1-19-5-6-25(24(15-19)26(30)29-18-21-3-2-4-22(29)16-21)31-23-9-13-28(14-10-23)17-20-7-11-27-12-8-20/h5-8,11-12,15,21-23H,2-4,9-10,13-14,16-18H2,1H3/t21-,22+/m1/s1. The summed E-state index contributed by atoms with van der Waals surface area (Å²) in [5, 5.41) is 0. The zero-order valence-electron chi connectivity index (χ0n) is 18.5. The van der Waals surface area contributed by atoms with Gasteiger partial charge in [0.25, 0.3) is 5.91 Å². The zero-order chi connectivity index (χ0) is 21.2. The van der Waals surface area contributed by atoms with Crippen molar-refractivity contribution < 1.29 is 9.53 Å². The largest absolute Gasteiger partial charge is 0.489 e. The van der Waals surface area contributed by atoms with Crippen LogP contribution in [0.15, 0.2) is 42.7 Å². The molecule has 2 bridgehead atoms. The molecule has 3 heterocycles. The monoisotopic (exact) mass is 419 g/mol. The highest BCUT2D eigenvalue weighted by Crippen LogP contribution is 2.37. The maximum Gasteiger partial charge on any atom is 0.257 e. The highest BCUT2D eigenvalue weighted by Gasteiger charge is 2.38. The number of aromatic nitrogens is 1. The second-order valence-electron chi connectivity index (χ2n) is 9.59. The summed E-state index contributed by atoms with van der Waals surface area (Å²) < 4.78 is 6.45. The lowest BCUT2D eigenvalue weighted by Crippen LogP contribution is -2.38. The summed E-state index contributed by atoms with van der Waals surface area (Å²) in [5.41, 5.74) is 3.17.